The summed E-state index contributed by atoms with van der Waals surface area (Å²) in [6.07, 6.45) is 2.25. The van der Waals surface area contributed by atoms with Crippen LogP contribution in [0.4, 0.5) is 15.3 Å². The van der Waals surface area contributed by atoms with E-state index in [0.29, 0.717) is 19.5 Å². The number of carbonyl (C=O) groups excluding carboxylic acids is 2. The number of non-ortho nitro benzene ring substituents is 1. The van der Waals surface area contributed by atoms with Crippen molar-refractivity contribution in [2.75, 3.05) is 32.5 Å². The molecule has 0 fully saturated rings. The molecule has 1 rings (SSSR count). The van der Waals surface area contributed by atoms with Crippen LogP contribution in [0.5, 0.6) is 5.75 Å². The van der Waals surface area contributed by atoms with E-state index in [1.807, 2.05) is 20.8 Å². The predicted molar refractivity (Wildman–Crippen MR) is 134 cm³/mol. The number of alkyl carbamates (subject to hydrolysis) is 2. The number of nitrogens with one attached hydrogen (secondary N) is 2. The van der Waals surface area contributed by atoms with Gasteiger partial charge < -0.3 is 24.6 Å². The first-order valence-electron chi connectivity index (χ1n) is 12.3. The lowest BCUT2D eigenvalue weighted by atomic mass is 10.3. The molecule has 2 N–H and O–H groups in total. The highest BCUT2D eigenvalue weighted by molar-refractivity contribution is 7.54. The smallest absolute Gasteiger partial charge is 0.407 e. The fourth-order valence-corrected chi connectivity index (χ4v) is 4.55. The molecule has 12 nitrogen and oxygen atoms in total. The zero-order chi connectivity index (χ0) is 26.8. The van der Waals surface area contributed by atoms with Gasteiger partial charge in [-0.3, -0.25) is 14.6 Å². The van der Waals surface area contributed by atoms with E-state index in [0.717, 1.165) is 32.1 Å². The fourth-order valence-electron chi connectivity index (χ4n) is 2.74. The molecule has 1 aromatic rings. The van der Waals surface area contributed by atoms with E-state index in [1.165, 1.54) is 24.3 Å². The number of hydrogen-bond donors (Lipinski definition) is 2. The van der Waals surface area contributed by atoms with Crippen molar-refractivity contribution in [1.82, 2.24) is 10.6 Å². The van der Waals surface area contributed by atoms with Gasteiger partial charge in [-0.25, -0.2) is 14.2 Å². The quantitative estimate of drug-likeness (QED) is 0.109. The van der Waals surface area contributed by atoms with Gasteiger partial charge in [0, 0.05) is 25.2 Å². The predicted octanol–water partition coefficient (Wildman–Crippen LogP) is 5.40. The van der Waals surface area contributed by atoms with Crippen LogP contribution in [0, 0.1) is 10.1 Å². The maximum absolute atomic E-state index is 13.4. The van der Waals surface area contributed by atoms with Gasteiger partial charge >= 0.3 is 19.8 Å². The molecule has 0 heterocycles. The van der Waals surface area contributed by atoms with Crippen molar-refractivity contribution in [3.63, 3.8) is 0 Å². The van der Waals surface area contributed by atoms with Gasteiger partial charge in [0.25, 0.3) is 5.69 Å². The molecule has 204 valence electrons. The third-order valence-corrected chi connectivity index (χ3v) is 6.70. The number of nitro benzene ring substituents is 1. The molecule has 2 atom stereocenters. The van der Waals surface area contributed by atoms with Gasteiger partial charge in [0.2, 0.25) is 0 Å². The molecule has 0 saturated heterocycles. The summed E-state index contributed by atoms with van der Waals surface area (Å²) in [6, 6.07) is 5.13. The summed E-state index contributed by atoms with van der Waals surface area (Å²) in [4.78, 5) is 34.4. The normalized spacial score (nSPS) is 13.2. The van der Waals surface area contributed by atoms with Gasteiger partial charge in [-0.05, 0) is 31.4 Å². The minimum atomic E-state index is -3.73. The average molecular weight is 532 g/mol. The second-order valence-electron chi connectivity index (χ2n) is 8.01. The molecule has 0 bridgehead atoms. The zero-order valence-corrected chi connectivity index (χ0v) is 22.1. The van der Waals surface area contributed by atoms with E-state index >= 15 is 0 Å². The monoisotopic (exact) mass is 531 g/mol. The second kappa shape index (κ2) is 17.6. The van der Waals surface area contributed by atoms with Gasteiger partial charge in [0.1, 0.15) is 12.4 Å². The number of rotatable bonds is 18. The summed E-state index contributed by atoms with van der Waals surface area (Å²) in [7, 11) is -3.73. The largest absolute Gasteiger partial charge is 0.446 e. The van der Waals surface area contributed by atoms with Crippen LogP contribution in [0.3, 0.4) is 0 Å². The van der Waals surface area contributed by atoms with Crippen molar-refractivity contribution in [1.29, 1.82) is 0 Å². The summed E-state index contributed by atoms with van der Waals surface area (Å²) >= 11 is 0. The standard InChI is InChI=1S/C23H38N3O9P/c1-4-7-14-24-22(27)32-17-21(34-23(28)25-15-8-5-2)18-33-36(31,16-9-6-3)35-20-12-10-19(11-13-20)26(29)30/h10-13,21H,4-9,14-18H2,1-3H3,(H,24,27)(H,25,28)/t21-,36-/m1/s1. The van der Waals surface area contributed by atoms with Crippen molar-refractivity contribution >= 4 is 25.5 Å². The van der Waals surface area contributed by atoms with Crippen LogP contribution in [0.25, 0.3) is 0 Å². The first-order chi connectivity index (χ1) is 17.2. The molecule has 0 aromatic heterocycles. The lowest BCUT2D eigenvalue weighted by Crippen LogP contribution is -2.36. The molecule has 1 aromatic carbocycles. The van der Waals surface area contributed by atoms with Crippen LogP contribution in [0.15, 0.2) is 24.3 Å². The van der Waals surface area contributed by atoms with Crippen molar-refractivity contribution in [3.05, 3.63) is 34.4 Å². The first kappa shape index (κ1) is 31.2. The second-order valence-corrected chi connectivity index (χ2v) is 10.1. The number of nitrogens with zero attached hydrogens (tertiary/aromatic N) is 1. The Hall–Kier alpha value is -2.85. The maximum Gasteiger partial charge on any atom is 0.407 e. The summed E-state index contributed by atoms with van der Waals surface area (Å²) < 4.78 is 35.1. The molecule has 0 aliphatic heterocycles. The molecule has 2 amide bonds. The van der Waals surface area contributed by atoms with Crippen molar-refractivity contribution < 1.29 is 37.6 Å². The highest BCUT2D eigenvalue weighted by Gasteiger charge is 2.29. The Morgan fingerprint density at radius 1 is 0.944 bits per heavy atom. The molecule has 36 heavy (non-hydrogen) atoms. The fraction of sp³-hybridized carbons (Fsp3) is 0.652. The van der Waals surface area contributed by atoms with Crippen molar-refractivity contribution in [2.45, 2.75) is 65.4 Å². The SMILES string of the molecule is CCCCNC(=O)OC[C@H](CO[P@](=O)(CCCC)Oc1ccc([N+](=O)[O-])cc1)OC(=O)NCCCC. The molecular formula is C23H38N3O9P. The Morgan fingerprint density at radius 3 is 2.08 bits per heavy atom. The molecule has 0 saturated carbocycles. The lowest BCUT2D eigenvalue weighted by molar-refractivity contribution is -0.384. The summed E-state index contributed by atoms with van der Waals surface area (Å²) in [5, 5.41) is 16.1. The van der Waals surface area contributed by atoms with E-state index in [4.69, 9.17) is 18.5 Å². The van der Waals surface area contributed by atoms with Crippen LogP contribution in [-0.2, 0) is 18.6 Å². The van der Waals surface area contributed by atoms with Crippen LogP contribution < -0.4 is 15.2 Å². The summed E-state index contributed by atoms with van der Waals surface area (Å²) in [5.74, 6) is 0.140. The van der Waals surface area contributed by atoms with Gasteiger partial charge in [0.15, 0.2) is 6.10 Å². The van der Waals surface area contributed by atoms with Gasteiger partial charge in [-0.15, -0.1) is 0 Å². The number of hydrogen-bond acceptors (Lipinski definition) is 9. The van der Waals surface area contributed by atoms with E-state index in [2.05, 4.69) is 10.6 Å². The van der Waals surface area contributed by atoms with Crippen molar-refractivity contribution in [2.24, 2.45) is 0 Å². The highest BCUT2D eigenvalue weighted by Crippen LogP contribution is 2.49. The van der Waals surface area contributed by atoms with Gasteiger partial charge in [0.05, 0.1) is 17.7 Å². The Labute approximate surface area is 212 Å². The number of ether oxygens (including phenoxy) is 2. The highest BCUT2D eigenvalue weighted by atomic mass is 31.2. The molecule has 13 heteroatoms. The molecule has 0 radical (unpaired) electrons. The topological polar surface area (TPSA) is 155 Å². The third kappa shape index (κ3) is 13.3. The molecule has 0 aliphatic rings. The number of benzene rings is 1. The van der Waals surface area contributed by atoms with Gasteiger partial charge in [-0.1, -0.05) is 40.0 Å². The minimum absolute atomic E-state index is 0.0776. The van der Waals surface area contributed by atoms with Gasteiger partial charge in [-0.2, -0.15) is 0 Å². The maximum atomic E-state index is 13.4. The van der Waals surface area contributed by atoms with E-state index < -0.39 is 30.8 Å². The number of amides is 2. The zero-order valence-electron chi connectivity index (χ0n) is 21.2. The van der Waals surface area contributed by atoms with Crippen molar-refractivity contribution in [3.8, 4) is 5.75 Å². The average Bonchev–Trinajstić information content (AvgIpc) is 2.85. The first-order valence-corrected chi connectivity index (χ1v) is 14.0. The van der Waals surface area contributed by atoms with E-state index in [-0.39, 0.29) is 30.8 Å². The summed E-state index contributed by atoms with van der Waals surface area (Å²) in [5.41, 5.74) is -0.136. The minimum Gasteiger partial charge on any atom is -0.446 e. The van der Waals surface area contributed by atoms with E-state index in [1.54, 1.807) is 0 Å². The summed E-state index contributed by atoms with van der Waals surface area (Å²) in [6.45, 7) is 6.08. The molecular weight excluding hydrogens is 493 g/mol. The Balaban J connectivity index is 2.85. The Bertz CT molecular complexity index is 852. The molecule has 0 spiro atoms. The number of carbonyl (C=O) groups is 2. The number of unbranched alkanes of at least 4 members (excludes halogenated alkanes) is 3. The van der Waals surface area contributed by atoms with Crippen LogP contribution in [-0.4, -0.2) is 55.7 Å². The third-order valence-electron chi connectivity index (χ3n) is 4.81. The Morgan fingerprint density at radius 2 is 1.53 bits per heavy atom. The molecule has 0 aliphatic carbocycles. The Kier molecular flexibility index (Phi) is 15.2. The molecule has 0 unspecified atom stereocenters. The van der Waals surface area contributed by atoms with Crippen LogP contribution in [0.1, 0.15) is 59.3 Å². The van der Waals surface area contributed by atoms with E-state index in [9.17, 15) is 24.3 Å². The van der Waals surface area contributed by atoms with Crippen LogP contribution in [0.2, 0.25) is 0 Å². The van der Waals surface area contributed by atoms with Crippen LogP contribution >= 0.6 is 7.60 Å². The number of nitro groups is 1. The lowest BCUT2D eigenvalue weighted by Gasteiger charge is -2.23.